The average molecular weight is 526 g/mol. The molecule has 1 heterocycles. The van der Waals surface area contributed by atoms with Crippen LogP contribution < -0.4 is 23.4 Å². The van der Waals surface area contributed by atoms with Crippen molar-refractivity contribution < 1.29 is 27.4 Å². The quantitative estimate of drug-likeness (QED) is 0.445. The van der Waals surface area contributed by atoms with Crippen LogP contribution in [-0.4, -0.2) is 73.8 Å². The fourth-order valence-electron chi connectivity index (χ4n) is 4.31. The fraction of sp³-hybridized carbons (Fsp3) is 0.296. The molecule has 1 aliphatic heterocycles. The number of nitrogens with zero attached hydrogens (tertiary/aromatic N) is 3. The Balaban J connectivity index is 1.44. The molecule has 0 spiro atoms. The van der Waals surface area contributed by atoms with E-state index in [1.165, 1.54) is 37.7 Å². The normalized spacial score (nSPS) is 13.7. The fourth-order valence-corrected chi connectivity index (χ4v) is 5.52. The van der Waals surface area contributed by atoms with E-state index in [-0.39, 0.29) is 10.8 Å². The minimum atomic E-state index is -3.85. The van der Waals surface area contributed by atoms with E-state index in [2.05, 4.69) is 4.90 Å². The number of hydrogen-bond donors (Lipinski definition) is 0. The van der Waals surface area contributed by atoms with Gasteiger partial charge in [0.05, 0.1) is 37.6 Å². The van der Waals surface area contributed by atoms with Crippen LogP contribution in [0.15, 0.2) is 71.6 Å². The first-order valence-corrected chi connectivity index (χ1v) is 13.2. The highest BCUT2D eigenvalue weighted by Crippen LogP contribution is 2.32. The molecule has 1 fully saturated rings. The van der Waals surface area contributed by atoms with Crippen LogP contribution >= 0.6 is 0 Å². The molecule has 0 radical (unpaired) electrons. The van der Waals surface area contributed by atoms with E-state index in [0.717, 1.165) is 11.4 Å². The van der Waals surface area contributed by atoms with Crippen molar-refractivity contribution in [1.82, 2.24) is 4.90 Å². The second-order valence-electron chi connectivity index (χ2n) is 8.49. The number of carbonyl (C=O) groups excluding carboxylic acids is 1. The summed E-state index contributed by atoms with van der Waals surface area (Å²) in [6.45, 7) is 2.53. The summed E-state index contributed by atoms with van der Waals surface area (Å²) in [5.74, 6) is 1.49. The Labute approximate surface area is 217 Å². The molecule has 1 amide bonds. The molecular weight excluding hydrogens is 494 g/mol. The Kier molecular flexibility index (Phi) is 7.77. The number of para-hydroxylation sites is 2. The predicted molar refractivity (Wildman–Crippen MR) is 143 cm³/mol. The second-order valence-corrected chi connectivity index (χ2v) is 10.5. The Hall–Kier alpha value is -3.92. The lowest BCUT2D eigenvalue weighted by Crippen LogP contribution is -2.48. The Bertz CT molecular complexity index is 1350. The number of piperazine rings is 1. The van der Waals surface area contributed by atoms with Gasteiger partial charge in [-0.05, 0) is 48.5 Å². The van der Waals surface area contributed by atoms with Crippen molar-refractivity contribution in [3.05, 3.63) is 72.3 Å². The van der Waals surface area contributed by atoms with Gasteiger partial charge in [0.2, 0.25) is 0 Å². The van der Waals surface area contributed by atoms with E-state index < -0.39 is 10.0 Å². The first-order chi connectivity index (χ1) is 17.8. The molecule has 0 aliphatic carbocycles. The summed E-state index contributed by atoms with van der Waals surface area (Å²) in [5.41, 5.74) is 1.96. The molecule has 0 atom stereocenters. The second kappa shape index (κ2) is 11.0. The first kappa shape index (κ1) is 26.2. The summed E-state index contributed by atoms with van der Waals surface area (Å²) in [6, 6.07) is 18.9. The summed E-state index contributed by atoms with van der Waals surface area (Å²) in [4.78, 5) is 17.2. The van der Waals surface area contributed by atoms with Gasteiger partial charge >= 0.3 is 0 Å². The highest BCUT2D eigenvalue weighted by Gasteiger charge is 2.26. The molecule has 3 aromatic carbocycles. The Morgan fingerprint density at radius 2 is 1.41 bits per heavy atom. The predicted octanol–water partition coefficient (Wildman–Crippen LogP) is 3.50. The van der Waals surface area contributed by atoms with E-state index >= 15 is 0 Å². The van der Waals surface area contributed by atoms with Crippen molar-refractivity contribution >= 4 is 27.3 Å². The van der Waals surface area contributed by atoms with Gasteiger partial charge in [-0.3, -0.25) is 9.10 Å². The molecule has 0 bridgehead atoms. The van der Waals surface area contributed by atoms with Crippen molar-refractivity contribution in [3.63, 3.8) is 0 Å². The summed E-state index contributed by atoms with van der Waals surface area (Å²) in [5, 5.41) is 0. The van der Waals surface area contributed by atoms with Crippen molar-refractivity contribution in [1.29, 1.82) is 0 Å². The maximum absolute atomic E-state index is 13.2. The molecule has 1 saturated heterocycles. The third-order valence-corrected chi connectivity index (χ3v) is 8.27. The molecule has 9 nitrogen and oxygen atoms in total. The van der Waals surface area contributed by atoms with E-state index in [4.69, 9.17) is 14.2 Å². The van der Waals surface area contributed by atoms with Crippen molar-refractivity contribution in [3.8, 4) is 17.2 Å². The lowest BCUT2D eigenvalue weighted by Gasteiger charge is -2.36. The number of amides is 1. The number of anilines is 2. The van der Waals surface area contributed by atoms with Crippen molar-refractivity contribution in [2.45, 2.75) is 4.90 Å². The number of hydrogen-bond acceptors (Lipinski definition) is 7. The molecule has 37 heavy (non-hydrogen) atoms. The van der Waals surface area contributed by atoms with Gasteiger partial charge in [0, 0.05) is 44.9 Å². The molecule has 0 unspecified atom stereocenters. The molecule has 4 rings (SSSR count). The van der Waals surface area contributed by atoms with Crippen LogP contribution in [0.2, 0.25) is 0 Å². The standard InChI is InChI=1S/C27H31N3O6S/c1-28(37(32,33)22-13-14-25(35-3)26(19-22)36-4)21-11-9-20(10-12-21)27(31)30-17-15-29(16-18-30)23-7-5-6-8-24(23)34-2/h5-14,19H,15-18H2,1-4H3. The van der Waals surface area contributed by atoms with Gasteiger partial charge in [-0.15, -0.1) is 0 Å². The molecule has 3 aromatic rings. The first-order valence-electron chi connectivity index (χ1n) is 11.8. The molecule has 0 saturated carbocycles. The number of rotatable bonds is 8. The third kappa shape index (κ3) is 5.29. The number of ether oxygens (including phenoxy) is 3. The van der Waals surface area contributed by atoms with Crippen LogP contribution in [0.4, 0.5) is 11.4 Å². The minimum absolute atomic E-state index is 0.0701. The monoisotopic (exact) mass is 525 g/mol. The highest BCUT2D eigenvalue weighted by molar-refractivity contribution is 7.92. The zero-order chi connectivity index (χ0) is 26.6. The van der Waals surface area contributed by atoms with Crippen molar-refractivity contribution in [2.24, 2.45) is 0 Å². The van der Waals surface area contributed by atoms with Crippen LogP contribution in [0.5, 0.6) is 17.2 Å². The van der Waals surface area contributed by atoms with E-state index in [9.17, 15) is 13.2 Å². The van der Waals surface area contributed by atoms with Crippen LogP contribution in [0.1, 0.15) is 10.4 Å². The third-order valence-electron chi connectivity index (χ3n) is 6.48. The average Bonchev–Trinajstić information content (AvgIpc) is 2.96. The summed E-state index contributed by atoms with van der Waals surface area (Å²) >= 11 is 0. The molecule has 0 aromatic heterocycles. The number of methoxy groups -OCH3 is 3. The van der Waals surface area contributed by atoms with Gasteiger partial charge < -0.3 is 24.0 Å². The zero-order valence-corrected chi connectivity index (χ0v) is 22.2. The Morgan fingerprint density at radius 3 is 2.03 bits per heavy atom. The lowest BCUT2D eigenvalue weighted by molar-refractivity contribution is 0.0746. The van der Waals surface area contributed by atoms with Crippen LogP contribution in [0.25, 0.3) is 0 Å². The largest absolute Gasteiger partial charge is 0.495 e. The summed E-state index contributed by atoms with van der Waals surface area (Å²) < 4.78 is 43.5. The number of benzene rings is 3. The highest BCUT2D eigenvalue weighted by atomic mass is 32.2. The van der Waals surface area contributed by atoms with Gasteiger partial charge in [0.25, 0.3) is 15.9 Å². The van der Waals surface area contributed by atoms with Crippen LogP contribution in [-0.2, 0) is 10.0 Å². The summed E-state index contributed by atoms with van der Waals surface area (Å²) in [7, 11) is 2.21. The van der Waals surface area contributed by atoms with Crippen LogP contribution in [0.3, 0.4) is 0 Å². The van der Waals surface area contributed by atoms with Gasteiger partial charge in [-0.1, -0.05) is 12.1 Å². The molecule has 10 heteroatoms. The van der Waals surface area contributed by atoms with Crippen molar-refractivity contribution in [2.75, 3.05) is 63.8 Å². The number of sulfonamides is 1. The summed E-state index contributed by atoms with van der Waals surface area (Å²) in [6.07, 6.45) is 0. The SMILES string of the molecule is COc1ccc(S(=O)(=O)N(C)c2ccc(C(=O)N3CCN(c4ccccc4OC)CC3)cc2)cc1OC. The van der Waals surface area contributed by atoms with E-state index in [1.54, 1.807) is 37.4 Å². The van der Waals surface area contributed by atoms with Gasteiger partial charge in [-0.25, -0.2) is 8.42 Å². The maximum atomic E-state index is 13.2. The van der Waals surface area contributed by atoms with Gasteiger partial charge in [-0.2, -0.15) is 0 Å². The smallest absolute Gasteiger partial charge is 0.264 e. The molecule has 0 N–H and O–H groups in total. The molecular formula is C27H31N3O6S. The minimum Gasteiger partial charge on any atom is -0.495 e. The maximum Gasteiger partial charge on any atom is 0.264 e. The topological polar surface area (TPSA) is 88.6 Å². The Morgan fingerprint density at radius 1 is 0.784 bits per heavy atom. The van der Waals surface area contributed by atoms with E-state index in [1.807, 2.05) is 29.2 Å². The van der Waals surface area contributed by atoms with E-state index in [0.29, 0.717) is 48.9 Å². The molecule has 1 aliphatic rings. The number of carbonyl (C=O) groups is 1. The molecule has 196 valence electrons. The lowest BCUT2D eigenvalue weighted by atomic mass is 10.1. The van der Waals surface area contributed by atoms with Gasteiger partial charge in [0.1, 0.15) is 5.75 Å². The van der Waals surface area contributed by atoms with Crippen LogP contribution in [0, 0.1) is 0 Å². The zero-order valence-electron chi connectivity index (χ0n) is 21.4. The van der Waals surface area contributed by atoms with Gasteiger partial charge in [0.15, 0.2) is 11.5 Å².